The number of ether oxygens (including phenoxy) is 1. The summed E-state index contributed by atoms with van der Waals surface area (Å²) < 4.78 is 6.58. The Balaban J connectivity index is 1.94. The van der Waals surface area contributed by atoms with E-state index in [4.69, 9.17) is 4.74 Å². The van der Waals surface area contributed by atoms with Crippen molar-refractivity contribution in [2.75, 3.05) is 13.7 Å². The van der Waals surface area contributed by atoms with E-state index in [1.165, 1.54) is 0 Å². The molecule has 0 saturated heterocycles. The summed E-state index contributed by atoms with van der Waals surface area (Å²) in [6.45, 7) is 5.14. The minimum absolute atomic E-state index is 0.0829. The summed E-state index contributed by atoms with van der Waals surface area (Å²) in [4.78, 5) is 15.1. The van der Waals surface area contributed by atoms with Crippen molar-refractivity contribution in [3.05, 3.63) is 50.6 Å². The van der Waals surface area contributed by atoms with Crippen LogP contribution < -0.4 is 10.1 Å². The Hall–Kier alpha value is -1.53. The van der Waals surface area contributed by atoms with Gasteiger partial charge in [0.15, 0.2) is 0 Å². The van der Waals surface area contributed by atoms with E-state index in [0.717, 1.165) is 20.0 Å². The third-order valence-corrected chi connectivity index (χ3v) is 4.99. The van der Waals surface area contributed by atoms with Gasteiger partial charge in [0.1, 0.15) is 5.75 Å². The second kappa shape index (κ2) is 8.36. The van der Waals surface area contributed by atoms with Gasteiger partial charge in [0.05, 0.1) is 23.0 Å². The van der Waals surface area contributed by atoms with Crippen LogP contribution in [0.3, 0.4) is 0 Å². The van der Waals surface area contributed by atoms with Crippen LogP contribution in [0.25, 0.3) is 0 Å². The summed E-state index contributed by atoms with van der Waals surface area (Å²) in [5.74, 6) is 0.822. The number of nitrogens with zero attached hydrogens (tertiary/aromatic N) is 1. The lowest BCUT2D eigenvalue weighted by Gasteiger charge is -2.21. The molecule has 0 aliphatic rings. The normalized spacial score (nSPS) is 11.8. The highest BCUT2D eigenvalue weighted by atomic mass is 79.9. The van der Waals surface area contributed by atoms with Crippen molar-refractivity contribution < 1.29 is 9.53 Å². The Morgan fingerprint density at radius 2 is 2.17 bits per heavy atom. The molecule has 1 atom stereocenters. The number of hydrogen-bond donors (Lipinski definition) is 1. The number of carbonyl (C=O) groups is 1. The van der Waals surface area contributed by atoms with Crippen molar-refractivity contribution in [1.29, 1.82) is 0 Å². The van der Waals surface area contributed by atoms with Gasteiger partial charge in [0, 0.05) is 11.9 Å². The molecule has 2 rings (SSSR count). The maximum absolute atomic E-state index is 12.3. The molecule has 23 heavy (non-hydrogen) atoms. The number of halogens is 1. The third kappa shape index (κ3) is 5.25. The van der Waals surface area contributed by atoms with Crippen LogP contribution in [0.5, 0.6) is 5.75 Å². The van der Waals surface area contributed by atoms with Crippen LogP contribution in [-0.2, 0) is 6.54 Å². The molecule has 0 radical (unpaired) electrons. The summed E-state index contributed by atoms with van der Waals surface area (Å²) in [5, 5.41) is 3.02. The zero-order chi connectivity index (χ0) is 16.8. The highest BCUT2D eigenvalue weighted by Gasteiger charge is 2.14. The van der Waals surface area contributed by atoms with Gasteiger partial charge in [0.25, 0.3) is 0 Å². The van der Waals surface area contributed by atoms with Crippen LogP contribution in [0, 0.1) is 0 Å². The average Bonchev–Trinajstić information content (AvgIpc) is 2.92. The molecule has 1 aromatic heterocycles. The largest absolute Gasteiger partial charge is 0.494 e. The molecular formula is C17H21BrN2O2S. The van der Waals surface area contributed by atoms with Crippen molar-refractivity contribution in [2.24, 2.45) is 0 Å². The first kappa shape index (κ1) is 17.8. The van der Waals surface area contributed by atoms with Crippen LogP contribution in [0.2, 0.25) is 0 Å². The molecule has 1 unspecified atom stereocenters. The third-order valence-electron chi connectivity index (χ3n) is 3.38. The van der Waals surface area contributed by atoms with Crippen molar-refractivity contribution in [3.63, 3.8) is 0 Å². The highest BCUT2D eigenvalue weighted by molar-refractivity contribution is 9.11. The number of carbonyl (C=O) groups excluding carboxylic acids is 1. The van der Waals surface area contributed by atoms with E-state index in [2.05, 4.69) is 21.2 Å². The molecule has 2 aromatic rings. The second-order valence-electron chi connectivity index (χ2n) is 5.24. The summed E-state index contributed by atoms with van der Waals surface area (Å²) in [5.41, 5.74) is 1.02. The topological polar surface area (TPSA) is 41.6 Å². The smallest absolute Gasteiger partial charge is 0.317 e. The molecule has 0 bridgehead atoms. The van der Waals surface area contributed by atoms with E-state index in [-0.39, 0.29) is 12.1 Å². The predicted octanol–water partition coefficient (Wildman–Crippen LogP) is 4.81. The lowest BCUT2D eigenvalue weighted by atomic mass is 10.1. The van der Waals surface area contributed by atoms with Gasteiger partial charge in [0.2, 0.25) is 0 Å². The molecule has 0 saturated carbocycles. The van der Waals surface area contributed by atoms with E-state index in [9.17, 15) is 4.79 Å². The van der Waals surface area contributed by atoms with Gasteiger partial charge < -0.3 is 15.0 Å². The fourth-order valence-electron chi connectivity index (χ4n) is 2.16. The number of hydrogen-bond acceptors (Lipinski definition) is 3. The van der Waals surface area contributed by atoms with E-state index in [1.807, 2.05) is 50.2 Å². The van der Waals surface area contributed by atoms with Crippen LogP contribution in [0.15, 0.2) is 40.2 Å². The SMILES string of the molecule is CCOc1cccc(C(C)NC(=O)N(C)Cc2ccc(Br)s2)c1. The number of benzene rings is 1. The van der Waals surface area contributed by atoms with Crippen molar-refractivity contribution in [1.82, 2.24) is 10.2 Å². The van der Waals surface area contributed by atoms with E-state index < -0.39 is 0 Å². The first-order valence-electron chi connectivity index (χ1n) is 7.48. The van der Waals surface area contributed by atoms with Crippen LogP contribution in [-0.4, -0.2) is 24.6 Å². The van der Waals surface area contributed by atoms with Gasteiger partial charge in [-0.2, -0.15) is 0 Å². The van der Waals surface area contributed by atoms with Crippen molar-refractivity contribution in [3.8, 4) is 5.75 Å². The quantitative estimate of drug-likeness (QED) is 0.760. The number of nitrogens with one attached hydrogen (secondary N) is 1. The molecule has 1 heterocycles. The van der Waals surface area contributed by atoms with Gasteiger partial charge in [-0.15, -0.1) is 11.3 Å². The van der Waals surface area contributed by atoms with Gasteiger partial charge in [-0.1, -0.05) is 12.1 Å². The maximum Gasteiger partial charge on any atom is 0.317 e. The molecule has 1 N–H and O–H groups in total. The van der Waals surface area contributed by atoms with E-state index >= 15 is 0 Å². The van der Waals surface area contributed by atoms with Gasteiger partial charge >= 0.3 is 6.03 Å². The Kier molecular flexibility index (Phi) is 6.47. The Morgan fingerprint density at radius 1 is 1.39 bits per heavy atom. The van der Waals surface area contributed by atoms with E-state index in [0.29, 0.717) is 13.2 Å². The first-order valence-corrected chi connectivity index (χ1v) is 9.09. The second-order valence-corrected chi connectivity index (χ2v) is 7.79. The van der Waals surface area contributed by atoms with Crippen LogP contribution in [0.4, 0.5) is 4.79 Å². The van der Waals surface area contributed by atoms with Gasteiger partial charge in [-0.25, -0.2) is 4.79 Å². The molecule has 4 nitrogen and oxygen atoms in total. The summed E-state index contributed by atoms with van der Waals surface area (Å²) in [7, 11) is 1.80. The number of amides is 2. The lowest BCUT2D eigenvalue weighted by Crippen LogP contribution is -2.38. The number of urea groups is 1. The first-order chi connectivity index (χ1) is 11.0. The van der Waals surface area contributed by atoms with Crippen molar-refractivity contribution in [2.45, 2.75) is 26.4 Å². The number of thiophene rings is 1. The predicted molar refractivity (Wildman–Crippen MR) is 98.0 cm³/mol. The average molecular weight is 397 g/mol. The standard InChI is InChI=1S/C17H21BrN2O2S/c1-4-22-14-7-5-6-13(10-14)12(2)19-17(21)20(3)11-15-8-9-16(18)23-15/h5-10,12H,4,11H2,1-3H3,(H,19,21). The zero-order valence-electron chi connectivity index (χ0n) is 13.5. The molecule has 0 fully saturated rings. The van der Waals surface area contributed by atoms with Crippen LogP contribution in [0.1, 0.15) is 30.3 Å². The fourth-order valence-corrected chi connectivity index (χ4v) is 3.70. The molecule has 2 amide bonds. The molecule has 0 aliphatic heterocycles. The molecular weight excluding hydrogens is 376 g/mol. The minimum Gasteiger partial charge on any atom is -0.494 e. The Morgan fingerprint density at radius 3 is 2.83 bits per heavy atom. The lowest BCUT2D eigenvalue weighted by molar-refractivity contribution is 0.204. The van der Waals surface area contributed by atoms with Gasteiger partial charge in [-0.3, -0.25) is 0 Å². The molecule has 0 spiro atoms. The van der Waals surface area contributed by atoms with E-state index in [1.54, 1.807) is 23.3 Å². The Bertz CT molecular complexity index is 660. The monoisotopic (exact) mass is 396 g/mol. The molecule has 6 heteroatoms. The summed E-state index contributed by atoms with van der Waals surface area (Å²) >= 11 is 5.07. The fraction of sp³-hybridized carbons (Fsp3) is 0.353. The molecule has 124 valence electrons. The minimum atomic E-state index is -0.0937. The maximum atomic E-state index is 12.3. The molecule has 1 aromatic carbocycles. The Labute approximate surface area is 149 Å². The van der Waals surface area contributed by atoms with Gasteiger partial charge in [-0.05, 0) is 59.6 Å². The van der Waals surface area contributed by atoms with Crippen molar-refractivity contribution >= 4 is 33.3 Å². The summed E-state index contributed by atoms with van der Waals surface area (Å²) in [6, 6.07) is 11.7. The van der Waals surface area contributed by atoms with Crippen LogP contribution >= 0.6 is 27.3 Å². The number of rotatable bonds is 6. The zero-order valence-corrected chi connectivity index (χ0v) is 15.9. The highest BCUT2D eigenvalue weighted by Crippen LogP contribution is 2.23. The molecule has 0 aliphatic carbocycles. The summed E-state index contributed by atoms with van der Waals surface area (Å²) in [6.07, 6.45) is 0.